The molecule has 0 bridgehead atoms. The van der Waals surface area contributed by atoms with Gasteiger partial charge in [-0.25, -0.2) is 4.79 Å². The van der Waals surface area contributed by atoms with Crippen LogP contribution in [0.1, 0.15) is 27.8 Å². The molecule has 182 valence electrons. The number of rotatable bonds is 5. The molecule has 1 atom stereocenters. The number of carbonyl (C=O) groups is 2. The van der Waals surface area contributed by atoms with Gasteiger partial charge in [0.05, 0.1) is 31.0 Å². The number of anilines is 1. The van der Waals surface area contributed by atoms with Crippen molar-refractivity contribution in [3.05, 3.63) is 94.5 Å². The molecule has 0 saturated carbocycles. The fourth-order valence-electron chi connectivity index (χ4n) is 4.90. The molecule has 0 aromatic heterocycles. The monoisotopic (exact) mass is 498 g/mol. The Bertz CT molecular complexity index is 1390. The molecule has 1 unspecified atom stereocenters. The molecule has 2 aliphatic rings. The van der Waals surface area contributed by atoms with Crippen molar-refractivity contribution in [3.63, 3.8) is 0 Å². The van der Waals surface area contributed by atoms with Crippen LogP contribution in [0.15, 0.2) is 66.7 Å². The highest BCUT2D eigenvalue weighted by atomic mass is 32.2. The van der Waals surface area contributed by atoms with Crippen molar-refractivity contribution in [3.8, 4) is 11.8 Å². The number of urea groups is 1. The molecular weight excluding hydrogens is 472 g/mol. The van der Waals surface area contributed by atoms with Crippen LogP contribution < -0.4 is 15.0 Å². The molecule has 5 rings (SSSR count). The van der Waals surface area contributed by atoms with E-state index < -0.39 is 4.87 Å². The number of hydrogen-bond acceptors (Lipinski definition) is 5. The van der Waals surface area contributed by atoms with E-state index in [1.807, 2.05) is 61.5 Å². The summed E-state index contributed by atoms with van der Waals surface area (Å²) in [6.45, 7) is 3.14. The number of benzene rings is 3. The SMILES string of the molecule is COc1ccc2c(c1)C1(SCCN1C(=O)NCc1cccc(C)c1)C(=O)N2Cc1cccc(C#N)c1. The molecule has 8 heteroatoms. The first-order valence-corrected chi connectivity index (χ1v) is 12.7. The van der Waals surface area contributed by atoms with E-state index in [0.29, 0.717) is 36.7 Å². The molecule has 2 heterocycles. The summed E-state index contributed by atoms with van der Waals surface area (Å²) >= 11 is 1.47. The number of nitrogens with one attached hydrogen (secondary N) is 1. The van der Waals surface area contributed by atoms with E-state index in [-0.39, 0.29) is 11.9 Å². The van der Waals surface area contributed by atoms with E-state index in [1.165, 1.54) is 11.8 Å². The maximum atomic E-state index is 14.2. The molecule has 0 aliphatic carbocycles. The lowest BCUT2D eigenvalue weighted by molar-refractivity contribution is -0.123. The topological polar surface area (TPSA) is 85.7 Å². The lowest BCUT2D eigenvalue weighted by Crippen LogP contribution is -2.53. The first kappa shape index (κ1) is 23.8. The summed E-state index contributed by atoms with van der Waals surface area (Å²) in [4.78, 5) is 29.8. The summed E-state index contributed by atoms with van der Waals surface area (Å²) in [5, 5.41) is 12.3. The Morgan fingerprint density at radius 3 is 2.72 bits per heavy atom. The predicted molar refractivity (Wildman–Crippen MR) is 140 cm³/mol. The van der Waals surface area contributed by atoms with Crippen molar-refractivity contribution in [2.24, 2.45) is 0 Å². The van der Waals surface area contributed by atoms with Gasteiger partial charge in [-0.05, 0) is 48.4 Å². The molecule has 36 heavy (non-hydrogen) atoms. The Labute approximate surface area is 214 Å². The quantitative estimate of drug-likeness (QED) is 0.559. The Kier molecular flexibility index (Phi) is 6.33. The Morgan fingerprint density at radius 2 is 1.94 bits per heavy atom. The number of hydrogen-bond donors (Lipinski definition) is 1. The van der Waals surface area contributed by atoms with Gasteiger partial charge in [-0.1, -0.05) is 42.0 Å². The molecular formula is C28H26N4O3S. The smallest absolute Gasteiger partial charge is 0.319 e. The van der Waals surface area contributed by atoms with Gasteiger partial charge in [0.2, 0.25) is 0 Å². The normalized spacial score (nSPS) is 18.3. The third kappa shape index (κ3) is 4.06. The standard InChI is InChI=1S/C28H26N4O3S/c1-19-5-3-7-21(13-19)17-30-27(34)32-11-12-36-28(32)24-15-23(35-2)9-10-25(24)31(26(28)33)18-22-8-4-6-20(14-22)16-29/h3-10,13-15H,11-12,17-18H2,1-2H3,(H,30,34). The zero-order valence-corrected chi connectivity index (χ0v) is 21.0. The van der Waals surface area contributed by atoms with Crippen molar-refractivity contribution < 1.29 is 14.3 Å². The van der Waals surface area contributed by atoms with Gasteiger partial charge in [-0.2, -0.15) is 5.26 Å². The fraction of sp³-hybridized carbons (Fsp3) is 0.250. The van der Waals surface area contributed by atoms with Gasteiger partial charge in [-0.15, -0.1) is 11.8 Å². The van der Waals surface area contributed by atoms with E-state index in [4.69, 9.17) is 4.74 Å². The van der Waals surface area contributed by atoms with E-state index in [2.05, 4.69) is 11.4 Å². The van der Waals surface area contributed by atoms with Crippen molar-refractivity contribution in [1.29, 1.82) is 5.26 Å². The largest absolute Gasteiger partial charge is 0.497 e. The second-order valence-electron chi connectivity index (χ2n) is 8.88. The summed E-state index contributed by atoms with van der Waals surface area (Å²) in [5.41, 5.74) is 5.00. The zero-order valence-electron chi connectivity index (χ0n) is 20.2. The van der Waals surface area contributed by atoms with E-state index >= 15 is 0 Å². The van der Waals surface area contributed by atoms with Gasteiger partial charge in [0, 0.05) is 24.4 Å². The number of methoxy groups -OCH3 is 1. The number of nitrogens with zero attached hydrogens (tertiary/aromatic N) is 3. The molecule has 1 fully saturated rings. The van der Waals surface area contributed by atoms with E-state index in [1.54, 1.807) is 29.0 Å². The van der Waals surface area contributed by atoms with Crippen LogP contribution in [0.5, 0.6) is 5.75 Å². The third-order valence-corrected chi connectivity index (χ3v) is 7.99. The lowest BCUT2D eigenvalue weighted by atomic mass is 10.1. The number of carbonyl (C=O) groups excluding carboxylic acids is 2. The molecule has 2 aliphatic heterocycles. The summed E-state index contributed by atoms with van der Waals surface area (Å²) in [6.07, 6.45) is 0. The van der Waals surface area contributed by atoms with E-state index in [0.717, 1.165) is 27.9 Å². The molecule has 3 aromatic rings. The van der Waals surface area contributed by atoms with Crippen molar-refractivity contribution >= 4 is 29.4 Å². The first-order valence-electron chi connectivity index (χ1n) is 11.7. The minimum absolute atomic E-state index is 0.165. The predicted octanol–water partition coefficient (Wildman–Crippen LogP) is 4.53. The maximum Gasteiger partial charge on any atom is 0.319 e. The Morgan fingerprint density at radius 1 is 1.14 bits per heavy atom. The van der Waals surface area contributed by atoms with Gasteiger partial charge in [0.25, 0.3) is 5.91 Å². The van der Waals surface area contributed by atoms with Crippen LogP contribution >= 0.6 is 11.8 Å². The summed E-state index contributed by atoms with van der Waals surface area (Å²) in [6, 6.07) is 22.7. The first-order chi connectivity index (χ1) is 17.5. The van der Waals surface area contributed by atoms with Crippen molar-refractivity contribution in [2.75, 3.05) is 24.3 Å². The summed E-state index contributed by atoms with van der Waals surface area (Å²) < 4.78 is 5.48. The maximum absolute atomic E-state index is 14.2. The second-order valence-corrected chi connectivity index (χ2v) is 10.2. The van der Waals surface area contributed by atoms with Crippen molar-refractivity contribution in [2.45, 2.75) is 24.9 Å². The number of amides is 3. The zero-order chi connectivity index (χ0) is 25.3. The lowest BCUT2D eigenvalue weighted by Gasteiger charge is -2.33. The molecule has 3 amide bonds. The number of thioether (sulfide) groups is 1. The average Bonchev–Trinajstić information content (AvgIpc) is 3.44. The van der Waals surface area contributed by atoms with Crippen LogP contribution in [-0.4, -0.2) is 36.2 Å². The molecule has 1 spiro atoms. The highest BCUT2D eigenvalue weighted by Crippen LogP contribution is 2.55. The minimum Gasteiger partial charge on any atom is -0.497 e. The van der Waals surface area contributed by atoms with Crippen LogP contribution in [0.25, 0.3) is 0 Å². The molecule has 1 N–H and O–H groups in total. The van der Waals surface area contributed by atoms with Crippen LogP contribution in [0, 0.1) is 18.3 Å². The number of nitriles is 1. The van der Waals surface area contributed by atoms with Gasteiger partial charge in [0.15, 0.2) is 4.87 Å². The van der Waals surface area contributed by atoms with E-state index in [9.17, 15) is 14.9 Å². The van der Waals surface area contributed by atoms with Gasteiger partial charge in [-0.3, -0.25) is 9.69 Å². The molecule has 0 radical (unpaired) electrons. The van der Waals surface area contributed by atoms with Crippen molar-refractivity contribution in [1.82, 2.24) is 10.2 Å². The number of fused-ring (bicyclic) bond motifs is 2. The number of ether oxygens (including phenoxy) is 1. The molecule has 3 aromatic carbocycles. The highest BCUT2D eigenvalue weighted by Gasteiger charge is 2.59. The highest BCUT2D eigenvalue weighted by molar-refractivity contribution is 8.01. The Balaban J connectivity index is 1.49. The van der Waals surface area contributed by atoms with Gasteiger partial charge in [0.1, 0.15) is 5.75 Å². The summed E-state index contributed by atoms with van der Waals surface area (Å²) in [7, 11) is 1.59. The average molecular weight is 499 g/mol. The van der Waals surface area contributed by atoms with Gasteiger partial charge < -0.3 is 15.0 Å². The van der Waals surface area contributed by atoms with Gasteiger partial charge >= 0.3 is 6.03 Å². The fourth-order valence-corrected chi connectivity index (χ4v) is 6.35. The van der Waals surface area contributed by atoms with Crippen LogP contribution in [0.4, 0.5) is 10.5 Å². The minimum atomic E-state index is -1.17. The van der Waals surface area contributed by atoms with Crippen LogP contribution in [0.2, 0.25) is 0 Å². The second kappa shape index (κ2) is 9.59. The van der Waals surface area contributed by atoms with Crippen LogP contribution in [-0.2, 0) is 22.8 Å². The third-order valence-electron chi connectivity index (χ3n) is 6.57. The Hall–Kier alpha value is -3.96. The summed E-state index contributed by atoms with van der Waals surface area (Å²) in [5.74, 6) is 1.10. The van der Waals surface area contributed by atoms with Crippen LogP contribution in [0.3, 0.4) is 0 Å². The molecule has 7 nitrogen and oxygen atoms in total. The molecule has 1 saturated heterocycles. The number of aryl methyl sites for hydroxylation is 1.